The lowest BCUT2D eigenvalue weighted by molar-refractivity contribution is 1.07. The zero-order valence-corrected chi connectivity index (χ0v) is 52.1. The SMILES string of the molecule is Brc1cc(-c2ccccc2)cc(-c2ccccc2)n1.c1ccc(-c2cc(-c3ccccc3)nc(-n3c4ccccc4c4ccc5nc(-c6ccccc6)n(-c6ccccc6)c5c43)c2)cc1.c1ccc(-c2nc3ccc4c(c3n2-c2ccccc2)Cc2ccccc2-4)cc1. The highest BCUT2D eigenvalue weighted by molar-refractivity contribution is 9.10. The summed E-state index contributed by atoms with van der Waals surface area (Å²) in [5.41, 5.74) is 25.0. The molecule has 12 aromatic carbocycles. The van der Waals surface area contributed by atoms with E-state index in [2.05, 4.69) is 314 Å². The number of halogens is 1. The topological polar surface area (TPSA) is 66.3 Å². The van der Waals surface area contributed by atoms with Crippen molar-refractivity contribution >= 4 is 59.8 Å². The van der Waals surface area contributed by atoms with E-state index in [0.717, 1.165) is 118 Å². The Balaban J connectivity index is 0.000000123. The van der Waals surface area contributed by atoms with Crippen LogP contribution >= 0.6 is 15.9 Å². The molecule has 0 atom stereocenters. The standard InChI is InChI=1S/C42H28N4.C26H18N2.C17H12BrN/c1-5-15-29(16-6-1)32-27-37(30-17-7-2-8-18-30)43-39(28-32)46-38-24-14-13-23-34(38)35-25-26-36-41(40(35)46)45(33-21-11-4-12-22-33)42(44-36)31-19-9-3-10-20-31;1-3-9-18(10-4-1)26-27-24-16-15-22-21-14-8-7-11-19(21)17-23(22)25(24)28(26)20-12-5-2-6-13-20;18-17-12-15(13-7-3-1-4-8-13)11-16(19-17)14-9-5-2-6-10-14/h1-28H;1-16H,17H2;1-12H. The summed E-state index contributed by atoms with van der Waals surface area (Å²) < 4.78 is 7.83. The molecule has 18 rings (SSSR count). The van der Waals surface area contributed by atoms with Gasteiger partial charge in [0.05, 0.1) is 44.5 Å². The molecule has 0 fully saturated rings. The summed E-state index contributed by atoms with van der Waals surface area (Å²) in [6.07, 6.45) is 0.954. The number of fused-ring (bicyclic) bond motifs is 10. The summed E-state index contributed by atoms with van der Waals surface area (Å²) in [6, 6.07) is 118. The molecule has 93 heavy (non-hydrogen) atoms. The van der Waals surface area contributed by atoms with Crippen LogP contribution in [0.15, 0.2) is 344 Å². The van der Waals surface area contributed by atoms with Gasteiger partial charge in [0.25, 0.3) is 0 Å². The Bertz CT molecular complexity index is 5390. The second-order valence-corrected chi connectivity index (χ2v) is 23.9. The minimum absolute atomic E-state index is 0.854. The molecule has 17 aromatic rings. The Labute approximate surface area is 547 Å². The normalized spacial score (nSPS) is 11.5. The van der Waals surface area contributed by atoms with Crippen molar-refractivity contribution in [3.63, 3.8) is 0 Å². The number of hydrogen-bond acceptors (Lipinski definition) is 4. The predicted octanol–water partition coefficient (Wildman–Crippen LogP) is 22.0. The maximum Gasteiger partial charge on any atom is 0.145 e. The Morgan fingerprint density at radius 1 is 0.280 bits per heavy atom. The van der Waals surface area contributed by atoms with Crippen molar-refractivity contribution in [2.24, 2.45) is 0 Å². The molecule has 0 unspecified atom stereocenters. The van der Waals surface area contributed by atoms with Crippen LogP contribution in [0.4, 0.5) is 0 Å². The molecule has 1 aliphatic rings. The van der Waals surface area contributed by atoms with Gasteiger partial charge in [0.2, 0.25) is 0 Å². The van der Waals surface area contributed by atoms with Gasteiger partial charge in [-0.25, -0.2) is 19.9 Å². The van der Waals surface area contributed by atoms with Crippen molar-refractivity contribution in [3.05, 3.63) is 355 Å². The van der Waals surface area contributed by atoms with Gasteiger partial charge in [0, 0.05) is 50.8 Å². The quantitative estimate of drug-likeness (QED) is 0.135. The van der Waals surface area contributed by atoms with Crippen molar-refractivity contribution in [3.8, 4) is 95.9 Å². The molecular weight excluding hydrogens is 1200 g/mol. The number of aromatic nitrogens is 7. The molecule has 0 radical (unpaired) electrons. The molecule has 5 aromatic heterocycles. The van der Waals surface area contributed by atoms with Crippen molar-refractivity contribution in [2.45, 2.75) is 6.42 Å². The molecule has 7 nitrogen and oxygen atoms in total. The van der Waals surface area contributed by atoms with Crippen molar-refractivity contribution in [1.29, 1.82) is 0 Å². The van der Waals surface area contributed by atoms with Crippen LogP contribution in [0.5, 0.6) is 0 Å². The minimum atomic E-state index is 0.854. The minimum Gasteiger partial charge on any atom is -0.292 e. The van der Waals surface area contributed by atoms with Gasteiger partial charge in [-0.05, 0) is 133 Å². The summed E-state index contributed by atoms with van der Waals surface area (Å²) >= 11 is 3.50. The van der Waals surface area contributed by atoms with Crippen LogP contribution < -0.4 is 0 Å². The smallest absolute Gasteiger partial charge is 0.145 e. The fourth-order valence-corrected chi connectivity index (χ4v) is 13.5. The number of imidazole rings is 2. The summed E-state index contributed by atoms with van der Waals surface area (Å²) in [5.74, 6) is 2.76. The molecule has 1 aliphatic carbocycles. The van der Waals surface area contributed by atoms with E-state index in [9.17, 15) is 0 Å². The molecule has 440 valence electrons. The number of hydrogen-bond donors (Lipinski definition) is 0. The maximum atomic E-state index is 5.38. The van der Waals surface area contributed by atoms with Gasteiger partial charge in [-0.15, -0.1) is 0 Å². The van der Waals surface area contributed by atoms with E-state index in [1.807, 2.05) is 60.7 Å². The fourth-order valence-electron chi connectivity index (χ4n) is 13.1. The van der Waals surface area contributed by atoms with Gasteiger partial charge in [0.1, 0.15) is 22.1 Å². The van der Waals surface area contributed by atoms with E-state index < -0.39 is 0 Å². The molecule has 5 heterocycles. The highest BCUT2D eigenvalue weighted by atomic mass is 79.9. The number of para-hydroxylation sites is 3. The van der Waals surface area contributed by atoms with Crippen LogP contribution in [0, 0.1) is 0 Å². The largest absolute Gasteiger partial charge is 0.292 e. The third-order valence-corrected chi connectivity index (χ3v) is 17.7. The van der Waals surface area contributed by atoms with E-state index in [0.29, 0.717) is 0 Å². The first kappa shape index (κ1) is 56.4. The van der Waals surface area contributed by atoms with Gasteiger partial charge in [0.15, 0.2) is 0 Å². The third kappa shape index (κ3) is 10.9. The van der Waals surface area contributed by atoms with E-state index in [1.165, 1.54) is 44.3 Å². The summed E-state index contributed by atoms with van der Waals surface area (Å²) in [7, 11) is 0. The first-order valence-electron chi connectivity index (χ1n) is 31.3. The summed E-state index contributed by atoms with van der Waals surface area (Å²) in [4.78, 5) is 20.3. The Hall–Kier alpha value is -11.8. The fraction of sp³-hybridized carbons (Fsp3) is 0.0118. The van der Waals surface area contributed by atoms with Gasteiger partial charge in [-0.2, -0.15) is 0 Å². The van der Waals surface area contributed by atoms with E-state index in [-0.39, 0.29) is 0 Å². The number of rotatable bonds is 9. The zero-order chi connectivity index (χ0) is 62.0. The number of nitrogens with zero attached hydrogens (tertiary/aromatic N) is 7. The Morgan fingerprint density at radius 2 is 0.710 bits per heavy atom. The predicted molar refractivity (Wildman–Crippen MR) is 387 cm³/mol. The molecule has 0 saturated heterocycles. The van der Waals surface area contributed by atoms with E-state index in [1.54, 1.807) is 0 Å². The molecular formula is C85H58BrN7. The molecule has 0 spiro atoms. The molecule has 0 aliphatic heterocycles. The van der Waals surface area contributed by atoms with Crippen molar-refractivity contribution < 1.29 is 0 Å². The number of benzene rings is 12. The van der Waals surface area contributed by atoms with Gasteiger partial charge >= 0.3 is 0 Å². The molecule has 0 N–H and O–H groups in total. The Kier molecular flexibility index (Phi) is 15.1. The second kappa shape index (κ2) is 24.9. The summed E-state index contributed by atoms with van der Waals surface area (Å²) in [6.45, 7) is 0. The third-order valence-electron chi connectivity index (χ3n) is 17.3. The average molecular weight is 1260 g/mol. The van der Waals surface area contributed by atoms with Crippen molar-refractivity contribution in [2.75, 3.05) is 0 Å². The second-order valence-electron chi connectivity index (χ2n) is 23.0. The molecule has 8 heteroatoms. The van der Waals surface area contributed by atoms with Gasteiger partial charge < -0.3 is 0 Å². The Morgan fingerprint density at radius 3 is 1.27 bits per heavy atom. The molecule has 0 saturated carbocycles. The lowest BCUT2D eigenvalue weighted by Crippen LogP contribution is -2.03. The number of pyridine rings is 2. The first-order chi connectivity index (χ1) is 46.1. The monoisotopic (exact) mass is 1260 g/mol. The van der Waals surface area contributed by atoms with Crippen molar-refractivity contribution in [1.82, 2.24) is 33.6 Å². The molecule has 0 amide bonds. The van der Waals surface area contributed by atoms with Crippen LogP contribution in [0.3, 0.4) is 0 Å². The van der Waals surface area contributed by atoms with Gasteiger partial charge in [-0.1, -0.05) is 267 Å². The summed E-state index contributed by atoms with van der Waals surface area (Å²) in [5, 5.41) is 2.34. The highest BCUT2D eigenvalue weighted by Gasteiger charge is 2.27. The van der Waals surface area contributed by atoms with E-state index >= 15 is 0 Å². The lowest BCUT2D eigenvalue weighted by atomic mass is 10.0. The van der Waals surface area contributed by atoms with Crippen LogP contribution in [0.2, 0.25) is 0 Å². The van der Waals surface area contributed by atoms with Crippen LogP contribution in [0.1, 0.15) is 11.1 Å². The van der Waals surface area contributed by atoms with Crippen LogP contribution in [-0.2, 0) is 6.42 Å². The lowest BCUT2D eigenvalue weighted by Gasteiger charge is -2.15. The zero-order valence-electron chi connectivity index (χ0n) is 50.5. The maximum absolute atomic E-state index is 5.38. The van der Waals surface area contributed by atoms with Crippen LogP contribution in [0.25, 0.3) is 140 Å². The first-order valence-corrected chi connectivity index (χ1v) is 32.1. The van der Waals surface area contributed by atoms with Gasteiger partial charge in [-0.3, -0.25) is 13.7 Å². The van der Waals surface area contributed by atoms with Crippen LogP contribution in [-0.4, -0.2) is 33.6 Å². The highest BCUT2D eigenvalue weighted by Crippen LogP contribution is 2.44. The molecule has 0 bridgehead atoms. The van der Waals surface area contributed by atoms with E-state index in [4.69, 9.17) is 15.0 Å². The average Bonchev–Trinajstić information content (AvgIpc) is 1.57.